The maximum absolute atomic E-state index is 13.4. The maximum atomic E-state index is 13.4. The number of anilines is 1. The molecule has 37 heavy (non-hydrogen) atoms. The van der Waals surface area contributed by atoms with Crippen LogP contribution in [0.4, 0.5) is 5.82 Å². The topological polar surface area (TPSA) is 114 Å². The summed E-state index contributed by atoms with van der Waals surface area (Å²) in [6.45, 7) is 0.688. The smallest absolute Gasteiger partial charge is 0.257 e. The van der Waals surface area contributed by atoms with E-state index in [2.05, 4.69) is 5.32 Å². The maximum Gasteiger partial charge on any atom is 0.257 e. The molecule has 0 saturated carbocycles. The average Bonchev–Trinajstić information content (AvgIpc) is 3.20. The molecule has 2 aromatic heterocycles. The summed E-state index contributed by atoms with van der Waals surface area (Å²) >= 11 is 0. The number of carbonyl (C=O) groups is 1. The molecule has 0 spiro atoms. The molecule has 0 bridgehead atoms. The summed E-state index contributed by atoms with van der Waals surface area (Å²) in [5.41, 5.74) is 11.1. The third kappa shape index (κ3) is 4.58. The number of benzene rings is 3. The minimum atomic E-state index is -0.325. The van der Waals surface area contributed by atoms with E-state index in [-0.39, 0.29) is 11.7 Å². The zero-order valence-corrected chi connectivity index (χ0v) is 20.8. The summed E-state index contributed by atoms with van der Waals surface area (Å²) in [4.78, 5) is 23.0. The number of hydrogen-bond donors (Lipinski definition) is 2. The molecule has 0 radical (unpaired) electrons. The van der Waals surface area contributed by atoms with Crippen molar-refractivity contribution in [1.82, 2.24) is 19.9 Å². The number of amides is 1. The second kappa shape index (κ2) is 10.1. The molecule has 0 saturated heterocycles. The van der Waals surface area contributed by atoms with Crippen LogP contribution in [0.5, 0.6) is 17.2 Å². The Morgan fingerprint density at radius 2 is 1.54 bits per heavy atom. The molecule has 5 rings (SSSR count). The summed E-state index contributed by atoms with van der Waals surface area (Å²) in [6.07, 6.45) is 0. The van der Waals surface area contributed by atoms with Gasteiger partial charge >= 0.3 is 0 Å². The van der Waals surface area contributed by atoms with Crippen molar-refractivity contribution in [1.29, 1.82) is 0 Å². The van der Waals surface area contributed by atoms with Crippen molar-refractivity contribution in [2.75, 3.05) is 27.1 Å². The summed E-state index contributed by atoms with van der Waals surface area (Å²) in [5.74, 6) is 1.94. The van der Waals surface area contributed by atoms with Gasteiger partial charge in [0.2, 0.25) is 0 Å². The lowest BCUT2D eigenvalue weighted by Crippen LogP contribution is -2.24. The fourth-order valence-electron chi connectivity index (χ4n) is 4.28. The molecule has 0 fully saturated rings. The molecule has 188 valence electrons. The van der Waals surface area contributed by atoms with Crippen LogP contribution in [0.15, 0.2) is 66.7 Å². The molecular weight excluding hydrogens is 470 g/mol. The van der Waals surface area contributed by atoms with Crippen molar-refractivity contribution >= 4 is 33.9 Å². The highest BCUT2D eigenvalue weighted by Crippen LogP contribution is 2.31. The average molecular weight is 498 g/mol. The molecule has 3 N–H and O–H groups in total. The predicted octanol–water partition coefficient (Wildman–Crippen LogP) is 4.17. The van der Waals surface area contributed by atoms with Crippen molar-refractivity contribution < 1.29 is 19.0 Å². The zero-order chi connectivity index (χ0) is 25.9. The van der Waals surface area contributed by atoms with Crippen LogP contribution < -0.4 is 25.3 Å². The van der Waals surface area contributed by atoms with Gasteiger partial charge in [0.25, 0.3) is 5.91 Å². The summed E-state index contributed by atoms with van der Waals surface area (Å²) in [5, 5.41) is 2.97. The van der Waals surface area contributed by atoms with E-state index >= 15 is 0 Å². The zero-order valence-electron chi connectivity index (χ0n) is 20.8. The van der Waals surface area contributed by atoms with E-state index in [1.807, 2.05) is 66.7 Å². The van der Waals surface area contributed by atoms with E-state index in [0.717, 1.165) is 16.9 Å². The monoisotopic (exact) mass is 497 g/mol. The Hall–Kier alpha value is -4.79. The van der Waals surface area contributed by atoms with Crippen LogP contribution in [0.1, 0.15) is 21.5 Å². The number of ether oxygens (including phenoxy) is 3. The fourth-order valence-corrected chi connectivity index (χ4v) is 4.28. The minimum absolute atomic E-state index is 0.285. The molecule has 0 aliphatic carbocycles. The third-order valence-electron chi connectivity index (χ3n) is 6.22. The van der Waals surface area contributed by atoms with Crippen LogP contribution in [0.2, 0.25) is 0 Å². The summed E-state index contributed by atoms with van der Waals surface area (Å²) in [7, 11) is 4.79. The van der Waals surface area contributed by atoms with Gasteiger partial charge in [-0.25, -0.2) is 9.97 Å². The third-order valence-corrected chi connectivity index (χ3v) is 6.22. The molecule has 5 aromatic rings. The molecule has 1 amide bonds. The van der Waals surface area contributed by atoms with Gasteiger partial charge in [-0.2, -0.15) is 0 Å². The van der Waals surface area contributed by atoms with E-state index < -0.39 is 0 Å². The highest BCUT2D eigenvalue weighted by Gasteiger charge is 2.24. The number of nitrogen functional groups attached to an aromatic ring is 1. The number of carbonyl (C=O) groups excluding carboxylic acids is 1. The van der Waals surface area contributed by atoms with Crippen LogP contribution in [0.3, 0.4) is 0 Å². The van der Waals surface area contributed by atoms with Crippen LogP contribution in [-0.2, 0) is 13.1 Å². The Balaban J connectivity index is 1.55. The number of nitrogens with two attached hydrogens (primary N) is 1. The highest BCUT2D eigenvalue weighted by atomic mass is 16.5. The fraction of sp³-hybridized carbons (Fsp3) is 0.179. The van der Waals surface area contributed by atoms with Gasteiger partial charge in [0, 0.05) is 6.54 Å². The number of methoxy groups -OCH3 is 3. The van der Waals surface area contributed by atoms with Crippen molar-refractivity contribution in [2.45, 2.75) is 13.1 Å². The van der Waals surface area contributed by atoms with Gasteiger partial charge in [-0.05, 0) is 47.5 Å². The number of hydrogen-bond acceptors (Lipinski definition) is 7. The first kappa shape index (κ1) is 23.9. The number of para-hydroxylation sites is 2. The summed E-state index contributed by atoms with van der Waals surface area (Å²) in [6, 6.07) is 20.7. The van der Waals surface area contributed by atoms with Crippen LogP contribution in [-0.4, -0.2) is 41.8 Å². The number of rotatable bonds is 8. The minimum Gasteiger partial charge on any atom is -0.497 e. The molecular formula is C28H27N5O4. The van der Waals surface area contributed by atoms with Crippen molar-refractivity contribution in [2.24, 2.45) is 0 Å². The van der Waals surface area contributed by atoms with E-state index in [1.165, 1.54) is 0 Å². The normalized spacial score (nSPS) is 11.0. The standard InChI is InChI=1S/C28H27N5O4/c1-35-19-11-8-17(9-12-19)15-30-28(34)24-25-27(32-21-7-5-4-6-20(21)31-25)33(26(24)29)16-18-10-13-22(36-2)23(14-18)37-3/h4-14H,15-16,29H2,1-3H3,(H,30,34). The van der Waals surface area contributed by atoms with Gasteiger partial charge < -0.3 is 29.8 Å². The van der Waals surface area contributed by atoms with Gasteiger partial charge in [0.1, 0.15) is 22.6 Å². The van der Waals surface area contributed by atoms with Crippen LogP contribution >= 0.6 is 0 Å². The molecule has 9 nitrogen and oxygen atoms in total. The van der Waals surface area contributed by atoms with Gasteiger partial charge in [0.05, 0.1) is 38.9 Å². The molecule has 0 aliphatic rings. The number of nitrogens with zero attached hydrogens (tertiary/aromatic N) is 3. The Kier molecular flexibility index (Phi) is 6.51. The lowest BCUT2D eigenvalue weighted by Gasteiger charge is -2.12. The Bertz CT molecular complexity index is 1590. The summed E-state index contributed by atoms with van der Waals surface area (Å²) < 4.78 is 17.8. The number of nitrogens with one attached hydrogen (secondary N) is 1. The molecule has 9 heteroatoms. The van der Waals surface area contributed by atoms with Gasteiger partial charge in [0.15, 0.2) is 17.1 Å². The Morgan fingerprint density at radius 3 is 2.22 bits per heavy atom. The Morgan fingerprint density at radius 1 is 0.865 bits per heavy atom. The molecule has 3 aromatic carbocycles. The van der Waals surface area contributed by atoms with E-state index in [9.17, 15) is 4.79 Å². The predicted molar refractivity (Wildman–Crippen MR) is 142 cm³/mol. The van der Waals surface area contributed by atoms with Crippen molar-refractivity contribution in [3.63, 3.8) is 0 Å². The van der Waals surface area contributed by atoms with Crippen LogP contribution in [0, 0.1) is 0 Å². The SMILES string of the molecule is COc1ccc(CNC(=O)c2c(N)n(Cc3ccc(OC)c(OC)c3)c3nc4ccccc4nc23)cc1. The quantitative estimate of drug-likeness (QED) is 0.331. The first-order chi connectivity index (χ1) is 18.0. The van der Waals surface area contributed by atoms with Crippen molar-refractivity contribution in [3.05, 3.63) is 83.4 Å². The largest absolute Gasteiger partial charge is 0.497 e. The number of aromatic nitrogens is 3. The van der Waals surface area contributed by atoms with Gasteiger partial charge in [-0.1, -0.05) is 30.3 Å². The second-order valence-corrected chi connectivity index (χ2v) is 8.45. The van der Waals surface area contributed by atoms with E-state index in [0.29, 0.717) is 52.3 Å². The van der Waals surface area contributed by atoms with E-state index in [4.69, 9.17) is 29.9 Å². The number of fused-ring (bicyclic) bond motifs is 2. The van der Waals surface area contributed by atoms with Gasteiger partial charge in [-0.15, -0.1) is 0 Å². The first-order valence-corrected chi connectivity index (χ1v) is 11.7. The lowest BCUT2D eigenvalue weighted by molar-refractivity contribution is 0.0953. The molecule has 0 atom stereocenters. The Labute approximate surface area is 213 Å². The van der Waals surface area contributed by atoms with Crippen LogP contribution in [0.25, 0.3) is 22.2 Å². The lowest BCUT2D eigenvalue weighted by atomic mass is 10.2. The highest BCUT2D eigenvalue weighted by molar-refractivity contribution is 6.10. The van der Waals surface area contributed by atoms with Gasteiger partial charge in [-0.3, -0.25) is 4.79 Å². The van der Waals surface area contributed by atoms with Crippen molar-refractivity contribution in [3.8, 4) is 17.2 Å². The second-order valence-electron chi connectivity index (χ2n) is 8.45. The molecule has 0 aliphatic heterocycles. The first-order valence-electron chi connectivity index (χ1n) is 11.7. The van der Waals surface area contributed by atoms with E-state index in [1.54, 1.807) is 25.9 Å². The molecule has 2 heterocycles. The molecule has 0 unspecified atom stereocenters.